The highest BCUT2D eigenvalue weighted by molar-refractivity contribution is 5.27. The van der Waals surface area contributed by atoms with Crippen molar-refractivity contribution in [2.75, 3.05) is 6.61 Å². The maximum atomic E-state index is 9.77. The molecule has 1 heterocycles. The number of hydrogen-bond acceptors (Lipinski definition) is 4. The van der Waals surface area contributed by atoms with E-state index in [-0.39, 0.29) is 12.2 Å². The van der Waals surface area contributed by atoms with E-state index in [1.807, 2.05) is 62.4 Å². The molecule has 23 heavy (non-hydrogen) atoms. The van der Waals surface area contributed by atoms with Crippen LogP contribution in [0.1, 0.15) is 17.5 Å². The number of ether oxygens (including phenoxy) is 3. The molecule has 0 bridgehead atoms. The quantitative estimate of drug-likeness (QED) is 0.920. The Kier molecular flexibility index (Phi) is 4.84. The van der Waals surface area contributed by atoms with Gasteiger partial charge < -0.3 is 19.3 Å². The Morgan fingerprint density at radius 3 is 2.13 bits per heavy atom. The van der Waals surface area contributed by atoms with Crippen LogP contribution < -0.4 is 9.47 Å². The summed E-state index contributed by atoms with van der Waals surface area (Å²) in [7, 11) is 0. The van der Waals surface area contributed by atoms with Gasteiger partial charge in [0.2, 0.25) is 0 Å². The van der Waals surface area contributed by atoms with E-state index in [0.717, 1.165) is 11.5 Å². The first kappa shape index (κ1) is 15.8. The Morgan fingerprint density at radius 2 is 1.52 bits per heavy atom. The molecule has 0 saturated carbocycles. The molecule has 4 heteroatoms. The molecule has 1 fully saturated rings. The summed E-state index contributed by atoms with van der Waals surface area (Å²) in [5, 5.41) is 9.77. The molecule has 1 saturated heterocycles. The van der Waals surface area contributed by atoms with Crippen molar-refractivity contribution in [3.63, 3.8) is 0 Å². The lowest BCUT2D eigenvalue weighted by atomic mass is 10.2. The van der Waals surface area contributed by atoms with E-state index in [0.29, 0.717) is 13.0 Å². The smallest absolute Gasteiger partial charge is 0.158 e. The monoisotopic (exact) mass is 314 g/mol. The summed E-state index contributed by atoms with van der Waals surface area (Å²) in [6, 6.07) is 15.7. The minimum absolute atomic E-state index is 0.224. The number of aryl methyl sites for hydroxylation is 2. The van der Waals surface area contributed by atoms with Crippen LogP contribution in [0.3, 0.4) is 0 Å². The summed E-state index contributed by atoms with van der Waals surface area (Å²) in [4.78, 5) is 0. The molecule has 1 aliphatic heterocycles. The zero-order chi connectivity index (χ0) is 16.2. The van der Waals surface area contributed by atoms with Gasteiger partial charge in [-0.05, 0) is 38.1 Å². The molecule has 0 aliphatic carbocycles. The van der Waals surface area contributed by atoms with Gasteiger partial charge in [-0.3, -0.25) is 0 Å². The van der Waals surface area contributed by atoms with Gasteiger partial charge in [0.15, 0.2) is 6.29 Å². The lowest BCUT2D eigenvalue weighted by Crippen LogP contribution is -2.32. The summed E-state index contributed by atoms with van der Waals surface area (Å²) in [5.74, 6) is 1.56. The highest BCUT2D eigenvalue weighted by atomic mass is 16.6. The Morgan fingerprint density at radius 1 is 0.957 bits per heavy atom. The van der Waals surface area contributed by atoms with Crippen molar-refractivity contribution in [1.29, 1.82) is 0 Å². The molecule has 1 N–H and O–H groups in total. The standard InChI is InChI=1S/C19H22O4/c1-13-3-7-15(8-4-13)21-12-18-17(11-19(20)23-18)22-16-9-5-14(2)6-10-16/h3-10,17-20H,11-12H2,1-2H3/t17-,18+,19?/m1/s1. The number of hydrogen-bond donors (Lipinski definition) is 1. The molecule has 1 aliphatic rings. The Balaban J connectivity index is 1.60. The Labute approximate surface area is 136 Å². The number of aliphatic hydroxyl groups excluding tert-OH is 1. The topological polar surface area (TPSA) is 47.9 Å². The molecule has 2 aromatic rings. The van der Waals surface area contributed by atoms with E-state index in [9.17, 15) is 5.11 Å². The van der Waals surface area contributed by atoms with Gasteiger partial charge in [0.25, 0.3) is 0 Å². The lowest BCUT2D eigenvalue weighted by Gasteiger charge is -2.20. The van der Waals surface area contributed by atoms with Crippen LogP contribution in [0.15, 0.2) is 48.5 Å². The van der Waals surface area contributed by atoms with Crippen LogP contribution in [0.5, 0.6) is 11.5 Å². The van der Waals surface area contributed by atoms with Crippen LogP contribution >= 0.6 is 0 Å². The molecule has 3 rings (SSSR count). The molecule has 3 atom stereocenters. The second kappa shape index (κ2) is 7.02. The van der Waals surface area contributed by atoms with Crippen molar-refractivity contribution >= 4 is 0 Å². The molecule has 0 amide bonds. The van der Waals surface area contributed by atoms with Crippen molar-refractivity contribution in [3.8, 4) is 11.5 Å². The summed E-state index contributed by atoms with van der Waals surface area (Å²) < 4.78 is 17.2. The summed E-state index contributed by atoms with van der Waals surface area (Å²) in [5.41, 5.74) is 2.37. The van der Waals surface area contributed by atoms with Gasteiger partial charge >= 0.3 is 0 Å². The van der Waals surface area contributed by atoms with Crippen LogP contribution in [0.4, 0.5) is 0 Å². The molecule has 0 spiro atoms. The third kappa shape index (κ3) is 4.24. The first-order chi connectivity index (χ1) is 11.1. The summed E-state index contributed by atoms with van der Waals surface area (Å²) in [6.07, 6.45) is -0.890. The molecule has 122 valence electrons. The molecule has 0 radical (unpaired) electrons. The van der Waals surface area contributed by atoms with E-state index >= 15 is 0 Å². The number of rotatable bonds is 5. The fourth-order valence-corrected chi connectivity index (χ4v) is 2.57. The van der Waals surface area contributed by atoms with E-state index in [1.165, 1.54) is 11.1 Å². The van der Waals surface area contributed by atoms with E-state index < -0.39 is 6.29 Å². The van der Waals surface area contributed by atoms with Crippen LogP contribution in [-0.4, -0.2) is 30.2 Å². The van der Waals surface area contributed by atoms with E-state index in [4.69, 9.17) is 14.2 Å². The minimum atomic E-state index is -0.808. The Hall–Kier alpha value is -2.04. The summed E-state index contributed by atoms with van der Waals surface area (Å²) in [6.45, 7) is 4.41. The Bertz CT molecular complexity index is 621. The molecule has 4 nitrogen and oxygen atoms in total. The largest absolute Gasteiger partial charge is 0.491 e. The molecular weight excluding hydrogens is 292 g/mol. The van der Waals surface area contributed by atoms with Crippen LogP contribution in [0, 0.1) is 13.8 Å². The SMILES string of the molecule is Cc1ccc(OC[C@@H]2OC(O)C[C@H]2Oc2ccc(C)cc2)cc1. The molecular formula is C19H22O4. The predicted octanol–water partition coefficient (Wildman–Crippen LogP) is 3.24. The maximum Gasteiger partial charge on any atom is 0.158 e. The summed E-state index contributed by atoms with van der Waals surface area (Å²) >= 11 is 0. The first-order valence-electron chi connectivity index (χ1n) is 7.86. The molecule has 0 aromatic heterocycles. The lowest BCUT2D eigenvalue weighted by molar-refractivity contribution is -0.103. The second-order valence-corrected chi connectivity index (χ2v) is 5.96. The van der Waals surface area contributed by atoms with Gasteiger partial charge in [-0.1, -0.05) is 35.4 Å². The highest BCUT2D eigenvalue weighted by Crippen LogP contribution is 2.25. The highest BCUT2D eigenvalue weighted by Gasteiger charge is 2.36. The molecule has 2 aromatic carbocycles. The van der Waals surface area contributed by atoms with Gasteiger partial charge in [0.05, 0.1) is 0 Å². The first-order valence-corrected chi connectivity index (χ1v) is 7.86. The van der Waals surface area contributed by atoms with Crippen molar-refractivity contribution in [2.45, 2.75) is 38.8 Å². The average Bonchev–Trinajstić information content (AvgIpc) is 2.89. The third-order valence-corrected chi connectivity index (χ3v) is 3.92. The van der Waals surface area contributed by atoms with Gasteiger partial charge in [0.1, 0.15) is 30.3 Å². The van der Waals surface area contributed by atoms with Gasteiger partial charge in [0, 0.05) is 6.42 Å². The van der Waals surface area contributed by atoms with Crippen LogP contribution in [-0.2, 0) is 4.74 Å². The zero-order valence-electron chi connectivity index (χ0n) is 13.4. The van der Waals surface area contributed by atoms with E-state index in [1.54, 1.807) is 0 Å². The van der Waals surface area contributed by atoms with Crippen molar-refractivity contribution in [3.05, 3.63) is 59.7 Å². The third-order valence-electron chi connectivity index (χ3n) is 3.92. The predicted molar refractivity (Wildman–Crippen MR) is 87.8 cm³/mol. The van der Waals surface area contributed by atoms with Crippen LogP contribution in [0.2, 0.25) is 0 Å². The van der Waals surface area contributed by atoms with Gasteiger partial charge in [-0.2, -0.15) is 0 Å². The van der Waals surface area contributed by atoms with E-state index in [2.05, 4.69) is 0 Å². The fourth-order valence-electron chi connectivity index (χ4n) is 2.57. The number of aliphatic hydroxyl groups is 1. The fraction of sp³-hybridized carbons (Fsp3) is 0.368. The zero-order valence-corrected chi connectivity index (χ0v) is 13.4. The van der Waals surface area contributed by atoms with Crippen LogP contribution in [0.25, 0.3) is 0 Å². The van der Waals surface area contributed by atoms with Crippen molar-refractivity contribution in [2.24, 2.45) is 0 Å². The second-order valence-electron chi connectivity index (χ2n) is 5.96. The minimum Gasteiger partial charge on any atom is -0.491 e. The maximum absolute atomic E-state index is 9.77. The van der Waals surface area contributed by atoms with Crippen molar-refractivity contribution in [1.82, 2.24) is 0 Å². The van der Waals surface area contributed by atoms with Gasteiger partial charge in [-0.15, -0.1) is 0 Å². The molecule has 1 unspecified atom stereocenters. The van der Waals surface area contributed by atoms with Gasteiger partial charge in [-0.25, -0.2) is 0 Å². The van der Waals surface area contributed by atoms with Crippen molar-refractivity contribution < 1.29 is 19.3 Å². The number of benzene rings is 2. The average molecular weight is 314 g/mol. The normalized spacial score (nSPS) is 23.7.